The number of benzene rings is 2. The van der Waals surface area contributed by atoms with Crippen LogP contribution in [0.1, 0.15) is 41.4 Å². The molecule has 6 heteroatoms. The lowest BCUT2D eigenvalue weighted by Crippen LogP contribution is -2.30. The molecule has 1 amide bonds. The third kappa shape index (κ3) is 4.12. The van der Waals surface area contributed by atoms with Gasteiger partial charge in [0.25, 0.3) is 0 Å². The van der Waals surface area contributed by atoms with Gasteiger partial charge in [-0.3, -0.25) is 4.79 Å². The molecule has 0 unspecified atom stereocenters. The molecule has 4 rings (SSSR count). The van der Waals surface area contributed by atoms with Gasteiger partial charge in [-0.15, -0.1) is 11.3 Å². The van der Waals surface area contributed by atoms with Crippen LogP contribution < -0.4 is 5.32 Å². The molecule has 0 saturated heterocycles. The number of hydrogen-bond acceptors (Lipinski definition) is 3. The van der Waals surface area contributed by atoms with Gasteiger partial charge in [0.1, 0.15) is 5.01 Å². The van der Waals surface area contributed by atoms with Gasteiger partial charge < -0.3 is 5.32 Å². The van der Waals surface area contributed by atoms with Gasteiger partial charge in [-0.25, -0.2) is 13.8 Å². The number of halogens is 2. The standard InChI is InChI=1S/C22H20F2N2OS/c23-16-11-9-14(13-17(16)24)10-12-20(27)25-18-7-4-8-19-21(18)28-22(26-19)15-5-2-1-3-6-15/h1-3,5-6,9,11,13,18H,4,7-8,10,12H2,(H,25,27)/t18-/m1/s1. The van der Waals surface area contributed by atoms with Crippen LogP contribution in [0.4, 0.5) is 8.78 Å². The second-order valence-corrected chi connectivity index (χ2v) is 7.99. The molecule has 1 N–H and O–H groups in total. The van der Waals surface area contributed by atoms with Crippen molar-refractivity contribution in [3.05, 3.63) is 76.3 Å². The van der Waals surface area contributed by atoms with Crippen molar-refractivity contribution in [1.29, 1.82) is 0 Å². The molecule has 144 valence electrons. The Hall–Kier alpha value is -2.60. The summed E-state index contributed by atoms with van der Waals surface area (Å²) in [4.78, 5) is 18.3. The number of thiazole rings is 1. The van der Waals surface area contributed by atoms with Crippen molar-refractivity contribution in [3.63, 3.8) is 0 Å². The maximum atomic E-state index is 13.3. The molecular formula is C22H20F2N2OS. The summed E-state index contributed by atoms with van der Waals surface area (Å²) in [6, 6.07) is 13.8. The fourth-order valence-corrected chi connectivity index (χ4v) is 4.68. The van der Waals surface area contributed by atoms with Crippen molar-refractivity contribution in [3.8, 4) is 10.6 Å². The van der Waals surface area contributed by atoms with Gasteiger partial charge in [-0.2, -0.15) is 0 Å². The van der Waals surface area contributed by atoms with E-state index in [4.69, 9.17) is 4.98 Å². The van der Waals surface area contributed by atoms with Gasteiger partial charge in [-0.05, 0) is 43.4 Å². The molecule has 1 aliphatic carbocycles. The lowest BCUT2D eigenvalue weighted by molar-refractivity contribution is -0.121. The first-order valence-corrected chi connectivity index (χ1v) is 10.2. The highest BCUT2D eigenvalue weighted by Crippen LogP contribution is 2.37. The van der Waals surface area contributed by atoms with Crippen molar-refractivity contribution in [1.82, 2.24) is 10.3 Å². The van der Waals surface area contributed by atoms with Crippen molar-refractivity contribution in [2.75, 3.05) is 0 Å². The van der Waals surface area contributed by atoms with Crippen LogP contribution in [0, 0.1) is 11.6 Å². The molecule has 3 aromatic rings. The second-order valence-electron chi connectivity index (χ2n) is 6.96. The SMILES string of the molecule is O=C(CCc1ccc(F)c(F)c1)N[C@@H]1CCCc2nc(-c3ccccc3)sc21. The van der Waals surface area contributed by atoms with E-state index in [0.29, 0.717) is 12.0 Å². The zero-order valence-corrected chi connectivity index (χ0v) is 16.1. The molecular weight excluding hydrogens is 378 g/mol. The minimum absolute atomic E-state index is 0.0313. The van der Waals surface area contributed by atoms with Gasteiger partial charge >= 0.3 is 0 Å². The van der Waals surface area contributed by atoms with Crippen molar-refractivity contribution < 1.29 is 13.6 Å². The lowest BCUT2D eigenvalue weighted by atomic mass is 9.97. The molecule has 1 heterocycles. The smallest absolute Gasteiger partial charge is 0.220 e. The van der Waals surface area contributed by atoms with E-state index >= 15 is 0 Å². The Morgan fingerprint density at radius 2 is 1.96 bits per heavy atom. The highest BCUT2D eigenvalue weighted by Gasteiger charge is 2.26. The van der Waals surface area contributed by atoms with E-state index in [9.17, 15) is 13.6 Å². The van der Waals surface area contributed by atoms with E-state index in [2.05, 4.69) is 5.32 Å². The number of hydrogen-bond donors (Lipinski definition) is 1. The summed E-state index contributed by atoms with van der Waals surface area (Å²) in [6.45, 7) is 0. The molecule has 28 heavy (non-hydrogen) atoms. The number of nitrogens with one attached hydrogen (secondary N) is 1. The lowest BCUT2D eigenvalue weighted by Gasteiger charge is -2.22. The van der Waals surface area contributed by atoms with Crippen molar-refractivity contribution in [2.45, 2.75) is 38.1 Å². The Morgan fingerprint density at radius 1 is 1.14 bits per heavy atom. The molecule has 0 aliphatic heterocycles. The van der Waals surface area contributed by atoms with E-state index in [0.717, 1.165) is 52.5 Å². The number of rotatable bonds is 5. The average Bonchev–Trinajstić information content (AvgIpc) is 3.15. The fraction of sp³-hybridized carbons (Fsp3) is 0.273. The number of carbonyl (C=O) groups excluding carboxylic acids is 1. The van der Waals surface area contributed by atoms with Crippen LogP contribution in [0.3, 0.4) is 0 Å². The monoisotopic (exact) mass is 398 g/mol. The maximum absolute atomic E-state index is 13.3. The number of aromatic nitrogens is 1. The quantitative estimate of drug-likeness (QED) is 0.641. The van der Waals surface area contributed by atoms with E-state index in [1.54, 1.807) is 11.3 Å². The molecule has 1 atom stereocenters. The molecule has 0 saturated carbocycles. The van der Waals surface area contributed by atoms with Crippen LogP contribution in [0.15, 0.2) is 48.5 Å². The minimum Gasteiger partial charge on any atom is -0.348 e. The predicted octanol–water partition coefficient (Wildman–Crippen LogP) is 5.21. The van der Waals surface area contributed by atoms with Crippen LogP contribution in [-0.4, -0.2) is 10.9 Å². The summed E-state index contributed by atoms with van der Waals surface area (Å²) in [5.74, 6) is -1.84. The van der Waals surface area contributed by atoms with Gasteiger partial charge in [-0.1, -0.05) is 36.4 Å². The van der Waals surface area contributed by atoms with Gasteiger partial charge in [0, 0.05) is 12.0 Å². The van der Waals surface area contributed by atoms with Gasteiger partial charge in [0.2, 0.25) is 5.91 Å². The molecule has 0 radical (unpaired) electrons. The van der Waals surface area contributed by atoms with Crippen LogP contribution in [0.5, 0.6) is 0 Å². The number of nitrogens with zero attached hydrogens (tertiary/aromatic N) is 1. The largest absolute Gasteiger partial charge is 0.348 e. The Bertz CT molecular complexity index is 987. The van der Waals surface area contributed by atoms with E-state index < -0.39 is 11.6 Å². The second kappa shape index (κ2) is 8.19. The molecule has 1 aromatic heterocycles. The van der Waals surface area contributed by atoms with Crippen LogP contribution in [0.25, 0.3) is 10.6 Å². The molecule has 2 aromatic carbocycles. The highest BCUT2D eigenvalue weighted by molar-refractivity contribution is 7.15. The van der Waals surface area contributed by atoms with Gasteiger partial charge in [0.15, 0.2) is 11.6 Å². The molecule has 0 bridgehead atoms. The van der Waals surface area contributed by atoms with E-state index in [-0.39, 0.29) is 18.4 Å². The molecule has 1 aliphatic rings. The summed E-state index contributed by atoms with van der Waals surface area (Å²) in [7, 11) is 0. The first-order valence-electron chi connectivity index (χ1n) is 9.38. The fourth-order valence-electron chi connectivity index (χ4n) is 3.48. The summed E-state index contributed by atoms with van der Waals surface area (Å²) < 4.78 is 26.3. The number of aryl methyl sites for hydroxylation is 2. The maximum Gasteiger partial charge on any atom is 0.220 e. The summed E-state index contributed by atoms with van der Waals surface area (Å²) in [5.41, 5.74) is 2.77. The third-order valence-electron chi connectivity index (χ3n) is 4.93. The Labute approximate surface area is 166 Å². The zero-order valence-electron chi connectivity index (χ0n) is 15.3. The van der Waals surface area contributed by atoms with Crippen LogP contribution in [0.2, 0.25) is 0 Å². The molecule has 3 nitrogen and oxygen atoms in total. The molecule has 0 fully saturated rings. The Balaban J connectivity index is 1.42. The van der Waals surface area contributed by atoms with Gasteiger partial charge in [0.05, 0.1) is 16.6 Å². The zero-order chi connectivity index (χ0) is 19.5. The average molecular weight is 398 g/mol. The third-order valence-corrected chi connectivity index (χ3v) is 6.19. The Morgan fingerprint density at radius 3 is 2.75 bits per heavy atom. The van der Waals surface area contributed by atoms with Crippen LogP contribution in [-0.2, 0) is 17.6 Å². The number of carbonyl (C=O) groups is 1. The highest BCUT2D eigenvalue weighted by atomic mass is 32.1. The van der Waals surface area contributed by atoms with E-state index in [1.165, 1.54) is 6.07 Å². The first-order chi connectivity index (χ1) is 13.6. The summed E-state index contributed by atoms with van der Waals surface area (Å²) in [5, 5.41) is 4.08. The predicted molar refractivity (Wildman–Crippen MR) is 106 cm³/mol. The molecule has 0 spiro atoms. The first kappa shape index (κ1) is 18.7. The van der Waals surface area contributed by atoms with E-state index in [1.807, 2.05) is 30.3 Å². The normalized spacial score (nSPS) is 15.9. The number of amides is 1. The number of fused-ring (bicyclic) bond motifs is 1. The Kier molecular flexibility index (Phi) is 5.48. The van der Waals surface area contributed by atoms with Crippen molar-refractivity contribution >= 4 is 17.2 Å². The van der Waals surface area contributed by atoms with Crippen LogP contribution >= 0.6 is 11.3 Å². The minimum atomic E-state index is -0.882. The summed E-state index contributed by atoms with van der Waals surface area (Å²) in [6.07, 6.45) is 3.42. The topological polar surface area (TPSA) is 42.0 Å². The van der Waals surface area contributed by atoms with Crippen molar-refractivity contribution in [2.24, 2.45) is 0 Å². The summed E-state index contributed by atoms with van der Waals surface area (Å²) >= 11 is 1.64.